The van der Waals surface area contributed by atoms with Crippen molar-refractivity contribution in [2.45, 2.75) is 19.9 Å². The van der Waals surface area contributed by atoms with Crippen LogP contribution in [0.4, 0.5) is 5.69 Å². The van der Waals surface area contributed by atoms with Crippen molar-refractivity contribution in [1.82, 2.24) is 4.31 Å². The Morgan fingerprint density at radius 3 is 2.58 bits per heavy atom. The number of hydrogen-bond acceptors (Lipinski definition) is 4. The lowest BCUT2D eigenvalue weighted by Gasteiger charge is -2.23. The molecular formula is C10H10ClN3O4S. The van der Waals surface area contributed by atoms with E-state index in [1.807, 2.05) is 0 Å². The third-order valence-electron chi connectivity index (χ3n) is 2.54. The van der Waals surface area contributed by atoms with Crippen LogP contribution in [-0.2, 0) is 10.2 Å². The maximum absolute atomic E-state index is 11.9. The molecule has 0 bridgehead atoms. The Kier molecular flexibility index (Phi) is 3.23. The minimum absolute atomic E-state index is 0.0316. The molecule has 1 heterocycles. The summed E-state index contributed by atoms with van der Waals surface area (Å²) >= 11 is 5.84. The Balaban J connectivity index is 2.83. The zero-order valence-corrected chi connectivity index (χ0v) is 11.6. The molecule has 0 atom stereocenters. The zero-order chi connectivity index (χ0) is 14.4. The predicted octanol–water partition coefficient (Wildman–Crippen LogP) is 0.575. The minimum Gasteiger partial charge on any atom is -0.258 e. The van der Waals surface area contributed by atoms with E-state index in [1.54, 1.807) is 13.8 Å². The van der Waals surface area contributed by atoms with Crippen LogP contribution in [0.5, 0.6) is 0 Å². The maximum Gasteiger partial charge on any atom is 0.345 e. The van der Waals surface area contributed by atoms with Gasteiger partial charge in [-0.1, -0.05) is 11.6 Å². The van der Waals surface area contributed by atoms with Gasteiger partial charge in [-0.05, 0) is 13.8 Å². The molecule has 0 saturated heterocycles. The second-order valence-electron chi connectivity index (χ2n) is 4.24. The van der Waals surface area contributed by atoms with Crippen molar-refractivity contribution in [3.8, 4) is 0 Å². The minimum atomic E-state index is -3.84. The summed E-state index contributed by atoms with van der Waals surface area (Å²) in [5, 5.41) is 11.0. The lowest BCUT2D eigenvalue weighted by atomic mass is 10.2. The molecule has 0 saturated carbocycles. The smallest absolute Gasteiger partial charge is 0.258 e. The first-order valence-corrected chi connectivity index (χ1v) is 7.09. The van der Waals surface area contributed by atoms with Crippen LogP contribution in [0.2, 0.25) is 5.02 Å². The van der Waals surface area contributed by atoms with Crippen molar-refractivity contribution in [2.75, 3.05) is 0 Å². The fourth-order valence-corrected chi connectivity index (χ4v) is 3.31. The van der Waals surface area contributed by atoms with E-state index in [1.165, 1.54) is 12.3 Å². The van der Waals surface area contributed by atoms with Crippen molar-refractivity contribution in [2.24, 2.45) is 4.40 Å². The van der Waals surface area contributed by atoms with E-state index < -0.39 is 15.1 Å². The number of non-ortho nitro benzene ring substituents is 1. The molecule has 0 N–H and O–H groups in total. The van der Waals surface area contributed by atoms with Gasteiger partial charge in [0.05, 0.1) is 9.95 Å². The molecule has 102 valence electrons. The van der Waals surface area contributed by atoms with E-state index in [0.29, 0.717) is 5.22 Å². The highest BCUT2D eigenvalue weighted by Gasteiger charge is 2.25. The highest BCUT2D eigenvalue weighted by atomic mass is 35.5. The first-order chi connectivity index (χ1) is 8.72. The maximum atomic E-state index is 11.9. The average Bonchev–Trinajstić information content (AvgIpc) is 2.27. The fraction of sp³-hybridized carbons (Fsp3) is 0.300. The first kappa shape index (κ1) is 13.8. The molecule has 0 aromatic heterocycles. The van der Waals surface area contributed by atoms with Gasteiger partial charge in [-0.25, -0.2) is 0 Å². The molecule has 0 amide bonds. The van der Waals surface area contributed by atoms with Crippen molar-refractivity contribution in [1.29, 1.82) is 0 Å². The Morgan fingerprint density at radius 2 is 2.05 bits per heavy atom. The van der Waals surface area contributed by atoms with Crippen LogP contribution in [0.3, 0.4) is 0 Å². The summed E-state index contributed by atoms with van der Waals surface area (Å²) in [6.45, 7) is 3.35. The Hall–Kier alpha value is -1.67. The lowest BCUT2D eigenvalue weighted by molar-refractivity contribution is -0.385. The summed E-state index contributed by atoms with van der Waals surface area (Å²) in [6.07, 6.45) is 1.31. The van der Waals surface area contributed by atoms with Gasteiger partial charge >= 0.3 is 10.2 Å². The van der Waals surface area contributed by atoms with Crippen molar-refractivity contribution < 1.29 is 13.3 Å². The normalized spacial score (nSPS) is 16.5. The second kappa shape index (κ2) is 4.46. The number of hydrogen-bond donors (Lipinski definition) is 0. The number of fused-ring (bicyclic) bond motifs is 1. The number of nitro benzene ring substituents is 1. The zero-order valence-electron chi connectivity index (χ0n) is 10.1. The number of halogens is 1. The number of nitro groups is 1. The molecule has 9 heteroatoms. The molecule has 1 aliphatic heterocycles. The molecule has 7 nitrogen and oxygen atoms in total. The Bertz CT molecular complexity index is 773. The van der Waals surface area contributed by atoms with Gasteiger partial charge < -0.3 is 0 Å². The van der Waals surface area contributed by atoms with Crippen LogP contribution in [-0.4, -0.2) is 23.7 Å². The summed E-state index contributed by atoms with van der Waals surface area (Å²) in [6, 6.07) is 1.98. The molecule has 1 aliphatic rings. The van der Waals surface area contributed by atoms with Crippen molar-refractivity contribution in [3.63, 3.8) is 0 Å². The summed E-state index contributed by atoms with van der Waals surface area (Å²) in [7, 11) is -3.84. The van der Waals surface area contributed by atoms with Gasteiger partial charge in [0.2, 0.25) is 0 Å². The van der Waals surface area contributed by atoms with Crippen molar-refractivity contribution >= 4 is 33.7 Å². The molecular weight excluding hydrogens is 294 g/mol. The Labute approximate surface area is 114 Å². The summed E-state index contributed by atoms with van der Waals surface area (Å²) in [4.78, 5) is 10.2. The quantitative estimate of drug-likeness (QED) is 0.590. The highest BCUT2D eigenvalue weighted by Crippen LogP contribution is 2.16. The topological polar surface area (TPSA) is 92.9 Å². The molecule has 0 aliphatic carbocycles. The van der Waals surface area contributed by atoms with Crippen LogP contribution in [0.15, 0.2) is 16.5 Å². The van der Waals surface area contributed by atoms with Crippen LogP contribution in [0.25, 0.3) is 6.20 Å². The molecule has 0 spiro atoms. The third-order valence-corrected chi connectivity index (χ3v) is 4.30. The van der Waals surface area contributed by atoms with Crippen LogP contribution < -0.4 is 10.6 Å². The van der Waals surface area contributed by atoms with E-state index in [2.05, 4.69) is 4.40 Å². The Morgan fingerprint density at radius 1 is 1.42 bits per heavy atom. The fourth-order valence-electron chi connectivity index (χ4n) is 1.69. The van der Waals surface area contributed by atoms with Gasteiger partial charge in [-0.2, -0.15) is 8.42 Å². The lowest BCUT2D eigenvalue weighted by Crippen LogP contribution is -2.42. The number of rotatable bonds is 2. The van der Waals surface area contributed by atoms with E-state index >= 15 is 0 Å². The van der Waals surface area contributed by atoms with Gasteiger partial charge in [0.15, 0.2) is 0 Å². The van der Waals surface area contributed by atoms with Crippen LogP contribution in [0, 0.1) is 10.1 Å². The SMILES string of the molecule is CC(C)N1C=c2cc([N+](=O)[O-])cc(Cl)c2=NS1(=O)=O. The molecule has 19 heavy (non-hydrogen) atoms. The van der Waals surface area contributed by atoms with E-state index in [0.717, 1.165) is 10.4 Å². The van der Waals surface area contributed by atoms with Crippen LogP contribution >= 0.6 is 11.6 Å². The third kappa shape index (κ3) is 2.41. The van der Waals surface area contributed by atoms with Crippen LogP contribution in [0.1, 0.15) is 13.8 Å². The molecule has 1 aromatic rings. The molecule has 1 aromatic carbocycles. The number of benzene rings is 1. The van der Waals surface area contributed by atoms with E-state index in [9.17, 15) is 18.5 Å². The largest absolute Gasteiger partial charge is 0.345 e. The molecule has 0 fully saturated rings. The first-order valence-electron chi connectivity index (χ1n) is 5.31. The van der Waals surface area contributed by atoms with E-state index in [-0.39, 0.29) is 22.1 Å². The summed E-state index contributed by atoms with van der Waals surface area (Å²) in [5.41, 5.74) is -0.210. The second-order valence-corrected chi connectivity index (χ2v) is 6.15. The summed E-state index contributed by atoms with van der Waals surface area (Å²) < 4.78 is 28.4. The van der Waals surface area contributed by atoms with Gasteiger partial charge in [0.25, 0.3) is 5.69 Å². The summed E-state index contributed by atoms with van der Waals surface area (Å²) in [5.74, 6) is 0. The van der Waals surface area contributed by atoms with Gasteiger partial charge in [-0.15, -0.1) is 4.40 Å². The van der Waals surface area contributed by atoms with Crippen molar-refractivity contribution in [3.05, 3.63) is 37.8 Å². The average molecular weight is 304 g/mol. The molecule has 0 radical (unpaired) electrons. The molecule has 2 rings (SSSR count). The highest BCUT2D eigenvalue weighted by molar-refractivity contribution is 7.88. The predicted molar refractivity (Wildman–Crippen MR) is 69.2 cm³/mol. The van der Waals surface area contributed by atoms with Gasteiger partial charge in [0, 0.05) is 29.6 Å². The van der Waals surface area contributed by atoms with E-state index in [4.69, 9.17) is 11.6 Å². The van der Waals surface area contributed by atoms with Gasteiger partial charge in [0.1, 0.15) is 5.36 Å². The van der Waals surface area contributed by atoms with Gasteiger partial charge in [-0.3, -0.25) is 14.4 Å². The molecule has 0 unspecified atom stereocenters. The monoisotopic (exact) mass is 303 g/mol. The number of nitrogens with zero attached hydrogens (tertiary/aromatic N) is 3. The standard InChI is InChI=1S/C10H10ClN3O4S/c1-6(2)13-5-7-3-8(14(15)16)4-9(11)10(7)12-19(13,17)18/h3-6H,1-2H3.